The average molecular weight is 201 g/mol. The Kier molecular flexibility index (Phi) is 4.32. The summed E-state index contributed by atoms with van der Waals surface area (Å²) in [4.78, 5) is 10.2. The van der Waals surface area contributed by atoms with Crippen molar-refractivity contribution in [3.63, 3.8) is 0 Å². The molecule has 0 N–H and O–H groups in total. The van der Waals surface area contributed by atoms with Crippen LogP contribution in [0, 0.1) is 0 Å². The van der Waals surface area contributed by atoms with E-state index in [1.807, 2.05) is 0 Å². The van der Waals surface area contributed by atoms with E-state index in [2.05, 4.69) is 4.74 Å². The molecule has 0 unspecified atom stereocenters. The fourth-order valence-electron chi connectivity index (χ4n) is 0.374. The molecule has 0 bridgehead atoms. The predicted octanol–water partition coefficient (Wildman–Crippen LogP) is 2.10. The van der Waals surface area contributed by atoms with Gasteiger partial charge >= 0.3 is 5.97 Å². The maximum atomic E-state index is 10.2. The number of ether oxygens (including phenoxy) is 1. The number of hydrogen-bond acceptors (Lipinski definition) is 2. The quantitative estimate of drug-likeness (QED) is 0.397. The molecule has 0 saturated heterocycles. The van der Waals surface area contributed by atoms with Gasteiger partial charge in [0.2, 0.25) is 0 Å². The zero-order valence-corrected chi connectivity index (χ0v) is 8.50. The van der Waals surface area contributed by atoms with Crippen LogP contribution in [-0.2, 0) is 9.53 Å². The van der Waals surface area contributed by atoms with Gasteiger partial charge in [0.15, 0.2) is 0 Å². The minimum Gasteiger partial charge on any atom is -0.466 e. The number of carbonyl (C=O) groups excluding carboxylic acids is 1. The van der Waals surface area contributed by atoms with Gasteiger partial charge in [-0.3, -0.25) is 4.79 Å². The second kappa shape index (κ2) is 4.21. The standard InChI is InChI=1S/C5H10Cl2O2Si/c1-5(8)9-3-4-10(2,6)7/h3-4H2,1-2H3. The minimum absolute atomic E-state index is 0.286. The van der Waals surface area contributed by atoms with Crippen LogP contribution in [0.1, 0.15) is 6.92 Å². The summed E-state index contributed by atoms with van der Waals surface area (Å²) in [6.45, 7) is 1.44. The highest BCUT2D eigenvalue weighted by Gasteiger charge is 2.20. The topological polar surface area (TPSA) is 26.3 Å². The molecule has 0 amide bonds. The van der Waals surface area contributed by atoms with Gasteiger partial charge in [0.25, 0.3) is 6.69 Å². The van der Waals surface area contributed by atoms with E-state index in [0.717, 1.165) is 0 Å². The Balaban J connectivity index is 3.29. The van der Waals surface area contributed by atoms with Crippen LogP contribution < -0.4 is 0 Å². The molecule has 0 aliphatic carbocycles. The molecule has 0 radical (unpaired) electrons. The lowest BCUT2D eigenvalue weighted by atomic mass is 10.8. The van der Waals surface area contributed by atoms with Crippen LogP contribution in [0.4, 0.5) is 0 Å². The van der Waals surface area contributed by atoms with Crippen LogP contribution in [0.5, 0.6) is 0 Å². The Bertz CT molecular complexity index is 121. The van der Waals surface area contributed by atoms with Crippen LogP contribution in [-0.4, -0.2) is 19.3 Å². The van der Waals surface area contributed by atoms with E-state index in [0.29, 0.717) is 12.7 Å². The Hall–Kier alpha value is 0.267. The van der Waals surface area contributed by atoms with Crippen LogP contribution >= 0.6 is 22.2 Å². The van der Waals surface area contributed by atoms with E-state index in [1.54, 1.807) is 6.55 Å². The van der Waals surface area contributed by atoms with Gasteiger partial charge in [-0.15, -0.1) is 22.2 Å². The smallest absolute Gasteiger partial charge is 0.302 e. The molecule has 0 saturated carbocycles. The summed E-state index contributed by atoms with van der Waals surface area (Å²) in [5.74, 6) is -0.286. The van der Waals surface area contributed by atoms with Gasteiger partial charge in [0, 0.05) is 13.0 Å². The lowest BCUT2D eigenvalue weighted by Crippen LogP contribution is -2.16. The first-order valence-electron chi connectivity index (χ1n) is 2.93. The first-order chi connectivity index (χ1) is 4.42. The van der Waals surface area contributed by atoms with Gasteiger partial charge < -0.3 is 4.74 Å². The zero-order chi connectivity index (χ0) is 8.20. The van der Waals surface area contributed by atoms with Crippen LogP contribution in [0.2, 0.25) is 12.6 Å². The van der Waals surface area contributed by atoms with Crippen LogP contribution in [0.3, 0.4) is 0 Å². The normalized spacial score (nSPS) is 11.2. The molecule has 2 nitrogen and oxygen atoms in total. The SMILES string of the molecule is CC(=O)OCC[Si](C)(Cl)Cl. The lowest BCUT2D eigenvalue weighted by molar-refractivity contribution is -0.140. The van der Waals surface area contributed by atoms with Crippen molar-refractivity contribution in [1.29, 1.82) is 0 Å². The van der Waals surface area contributed by atoms with Crippen molar-refractivity contribution in [2.75, 3.05) is 6.61 Å². The van der Waals surface area contributed by atoms with Crippen molar-refractivity contribution < 1.29 is 9.53 Å². The molecule has 0 aromatic rings. The Morgan fingerprint density at radius 1 is 1.60 bits per heavy atom. The molecule has 0 fully saturated rings. The van der Waals surface area contributed by atoms with Crippen LogP contribution in [0.15, 0.2) is 0 Å². The first-order valence-corrected chi connectivity index (χ1v) is 7.66. The molecule has 0 aliphatic heterocycles. The monoisotopic (exact) mass is 200 g/mol. The highest BCUT2D eigenvalue weighted by atomic mass is 35.7. The number of carbonyl (C=O) groups is 1. The van der Waals surface area contributed by atoms with Crippen molar-refractivity contribution in [3.8, 4) is 0 Å². The maximum absolute atomic E-state index is 10.2. The molecule has 5 heteroatoms. The minimum atomic E-state index is -2.06. The third-order valence-corrected chi connectivity index (χ3v) is 3.06. The summed E-state index contributed by atoms with van der Waals surface area (Å²) in [7, 11) is 0. The van der Waals surface area contributed by atoms with E-state index in [9.17, 15) is 4.79 Å². The molecule has 0 aromatic heterocycles. The van der Waals surface area contributed by atoms with Crippen molar-refractivity contribution >= 4 is 34.8 Å². The molecule has 60 valence electrons. The number of esters is 1. The molecule has 0 atom stereocenters. The van der Waals surface area contributed by atoms with Gasteiger partial charge in [0.1, 0.15) is 0 Å². The molecule has 10 heavy (non-hydrogen) atoms. The summed E-state index contributed by atoms with van der Waals surface area (Å²) in [6.07, 6.45) is 0. The Labute approximate surface area is 70.9 Å². The second-order valence-corrected chi connectivity index (χ2v) is 10.4. The third kappa shape index (κ3) is 8.27. The molecule has 0 aromatic carbocycles. The van der Waals surface area contributed by atoms with E-state index in [-0.39, 0.29) is 5.97 Å². The third-order valence-electron chi connectivity index (χ3n) is 0.846. The summed E-state index contributed by atoms with van der Waals surface area (Å²) in [5.41, 5.74) is 0. The number of rotatable bonds is 3. The lowest BCUT2D eigenvalue weighted by Gasteiger charge is -2.08. The van der Waals surface area contributed by atoms with E-state index in [1.165, 1.54) is 6.92 Å². The summed E-state index contributed by atoms with van der Waals surface area (Å²) in [5, 5.41) is 0. The molecule has 0 spiro atoms. The van der Waals surface area contributed by atoms with Crippen LogP contribution in [0.25, 0.3) is 0 Å². The summed E-state index contributed by atoms with van der Waals surface area (Å²) >= 11 is 11.5. The van der Waals surface area contributed by atoms with E-state index in [4.69, 9.17) is 22.2 Å². The fraction of sp³-hybridized carbons (Fsp3) is 0.800. The van der Waals surface area contributed by atoms with Gasteiger partial charge in [0.05, 0.1) is 6.61 Å². The van der Waals surface area contributed by atoms with Crippen molar-refractivity contribution in [2.24, 2.45) is 0 Å². The molecular weight excluding hydrogens is 191 g/mol. The van der Waals surface area contributed by atoms with E-state index < -0.39 is 6.69 Å². The highest BCUT2D eigenvalue weighted by molar-refractivity contribution is 7.44. The Morgan fingerprint density at radius 3 is 2.40 bits per heavy atom. The second-order valence-electron chi connectivity index (χ2n) is 2.16. The molecule has 0 heterocycles. The number of hydrogen-bond donors (Lipinski definition) is 0. The number of halogens is 2. The van der Waals surface area contributed by atoms with Crippen molar-refractivity contribution in [3.05, 3.63) is 0 Å². The molecular formula is C5H10Cl2O2Si. The average Bonchev–Trinajstić information content (AvgIpc) is 1.59. The summed E-state index contributed by atoms with van der Waals surface area (Å²) < 4.78 is 4.64. The predicted molar refractivity (Wildman–Crippen MR) is 44.8 cm³/mol. The van der Waals surface area contributed by atoms with Crippen molar-refractivity contribution in [1.82, 2.24) is 0 Å². The van der Waals surface area contributed by atoms with Crippen molar-refractivity contribution in [2.45, 2.75) is 19.5 Å². The molecule has 0 aliphatic rings. The first kappa shape index (κ1) is 10.3. The molecule has 0 rings (SSSR count). The van der Waals surface area contributed by atoms with Gasteiger partial charge in [-0.2, -0.15) is 0 Å². The zero-order valence-electron chi connectivity index (χ0n) is 5.99. The van der Waals surface area contributed by atoms with Gasteiger partial charge in [-0.1, -0.05) is 0 Å². The highest BCUT2D eigenvalue weighted by Crippen LogP contribution is 2.18. The fourth-order valence-corrected chi connectivity index (χ4v) is 1.30. The van der Waals surface area contributed by atoms with Gasteiger partial charge in [-0.25, -0.2) is 0 Å². The maximum Gasteiger partial charge on any atom is 0.302 e. The van der Waals surface area contributed by atoms with Gasteiger partial charge in [-0.05, 0) is 6.55 Å². The summed E-state index contributed by atoms with van der Waals surface area (Å²) in [6, 6.07) is 0.593. The van der Waals surface area contributed by atoms with E-state index >= 15 is 0 Å². The largest absolute Gasteiger partial charge is 0.466 e. The Morgan fingerprint density at radius 2 is 2.10 bits per heavy atom.